The maximum Gasteiger partial charge on any atom is 0.328 e. The van der Waals surface area contributed by atoms with E-state index in [1.54, 1.807) is 24.3 Å². The zero-order valence-electron chi connectivity index (χ0n) is 16.2. The summed E-state index contributed by atoms with van der Waals surface area (Å²) in [7, 11) is 0. The molecule has 0 aliphatic carbocycles. The highest BCUT2D eigenvalue weighted by molar-refractivity contribution is 6.34. The van der Waals surface area contributed by atoms with Crippen LogP contribution in [0.1, 0.15) is 29.6 Å². The highest BCUT2D eigenvalue weighted by atomic mass is 35.5. The number of ether oxygens (including phenoxy) is 1. The van der Waals surface area contributed by atoms with Crippen LogP contribution >= 0.6 is 35.6 Å². The van der Waals surface area contributed by atoms with Gasteiger partial charge in [-0.05, 0) is 37.6 Å². The van der Waals surface area contributed by atoms with Crippen LogP contribution < -0.4 is 21.5 Å². The lowest BCUT2D eigenvalue weighted by atomic mass is 10.1. The van der Waals surface area contributed by atoms with Crippen LogP contribution in [0.4, 0.5) is 11.4 Å². The normalized spacial score (nSPS) is 11.2. The van der Waals surface area contributed by atoms with Crippen LogP contribution in [0.15, 0.2) is 36.4 Å². The molecule has 0 fully saturated rings. The first-order valence-electron chi connectivity index (χ1n) is 8.95. The number of esters is 1. The van der Waals surface area contributed by atoms with Gasteiger partial charge in [-0.15, -0.1) is 12.4 Å². The molecule has 9 nitrogen and oxygen atoms in total. The van der Waals surface area contributed by atoms with E-state index in [0.29, 0.717) is 31.5 Å². The number of rotatable bonds is 9. The van der Waals surface area contributed by atoms with Gasteiger partial charge >= 0.3 is 5.97 Å². The number of nitrogens with one attached hydrogen (secondary N) is 1. The first-order valence-corrected chi connectivity index (χ1v) is 9.71. The van der Waals surface area contributed by atoms with Crippen LogP contribution in [0.3, 0.4) is 0 Å². The summed E-state index contributed by atoms with van der Waals surface area (Å²) in [6, 6.07) is 7.45. The fourth-order valence-electron chi connectivity index (χ4n) is 2.51. The largest absolute Gasteiger partial charge is 0.424 e. The van der Waals surface area contributed by atoms with E-state index in [9.17, 15) is 19.7 Å². The van der Waals surface area contributed by atoms with Crippen molar-refractivity contribution in [2.75, 3.05) is 11.9 Å². The Morgan fingerprint density at radius 2 is 1.84 bits per heavy atom. The van der Waals surface area contributed by atoms with Gasteiger partial charge in [0.1, 0.15) is 11.1 Å². The molecule has 2 aromatic carbocycles. The Morgan fingerprint density at radius 1 is 1.16 bits per heavy atom. The third kappa shape index (κ3) is 7.34. The second-order valence-electron chi connectivity index (χ2n) is 6.30. The predicted octanol–water partition coefficient (Wildman–Crippen LogP) is 3.94. The number of nitro benzene ring substituents is 1. The monoisotopic (exact) mass is 490 g/mol. The van der Waals surface area contributed by atoms with Crippen LogP contribution in [0.5, 0.6) is 5.75 Å². The van der Waals surface area contributed by atoms with Gasteiger partial charge in [-0.1, -0.05) is 41.8 Å². The number of carbonyl (C=O) groups excluding carboxylic acids is 2. The number of unbranched alkanes of at least 4 members (excludes halogenated alkanes) is 1. The van der Waals surface area contributed by atoms with Crippen molar-refractivity contribution < 1.29 is 19.2 Å². The summed E-state index contributed by atoms with van der Waals surface area (Å²) in [5, 5.41) is 13.7. The quantitative estimate of drug-likeness (QED) is 0.158. The van der Waals surface area contributed by atoms with Gasteiger partial charge in [0.2, 0.25) is 0 Å². The summed E-state index contributed by atoms with van der Waals surface area (Å²) in [5.41, 5.74) is 10.8. The molecule has 0 spiro atoms. The van der Waals surface area contributed by atoms with Crippen molar-refractivity contribution in [1.82, 2.24) is 0 Å². The van der Waals surface area contributed by atoms with Crippen LogP contribution in [0, 0.1) is 10.1 Å². The van der Waals surface area contributed by atoms with Crippen molar-refractivity contribution >= 4 is 58.9 Å². The molecule has 0 radical (unpaired) electrons. The van der Waals surface area contributed by atoms with Crippen molar-refractivity contribution in [3.8, 4) is 5.75 Å². The van der Waals surface area contributed by atoms with E-state index in [1.807, 2.05) is 0 Å². The lowest BCUT2D eigenvalue weighted by Crippen LogP contribution is -2.34. The molecule has 1 atom stereocenters. The molecular weight excluding hydrogens is 471 g/mol. The summed E-state index contributed by atoms with van der Waals surface area (Å²) >= 11 is 12.0. The number of amides is 1. The van der Waals surface area contributed by atoms with Gasteiger partial charge in [-0.25, -0.2) is 4.79 Å². The number of para-hydroxylation sites is 1. The van der Waals surface area contributed by atoms with Crippen molar-refractivity contribution in [3.63, 3.8) is 0 Å². The molecule has 2 rings (SSSR count). The Hall–Kier alpha value is -2.43. The Bertz CT molecular complexity index is 958. The van der Waals surface area contributed by atoms with Gasteiger partial charge in [0.05, 0.1) is 27.3 Å². The molecule has 2 aromatic rings. The summed E-state index contributed by atoms with van der Waals surface area (Å²) in [6.07, 6.45) is 1.60. The van der Waals surface area contributed by atoms with Crippen LogP contribution in [0.2, 0.25) is 10.0 Å². The molecule has 0 aliphatic rings. The van der Waals surface area contributed by atoms with Crippen molar-refractivity contribution in [3.05, 3.63) is 62.1 Å². The second-order valence-corrected chi connectivity index (χ2v) is 7.12. The number of hydrogen-bond acceptors (Lipinski definition) is 7. The van der Waals surface area contributed by atoms with Gasteiger partial charge in [0.25, 0.3) is 11.6 Å². The van der Waals surface area contributed by atoms with Gasteiger partial charge in [-0.2, -0.15) is 0 Å². The van der Waals surface area contributed by atoms with Crippen LogP contribution in [-0.4, -0.2) is 29.4 Å². The van der Waals surface area contributed by atoms with E-state index >= 15 is 0 Å². The van der Waals surface area contributed by atoms with E-state index in [4.69, 9.17) is 39.4 Å². The van der Waals surface area contributed by atoms with E-state index < -0.39 is 28.5 Å². The number of nitro groups is 1. The molecule has 0 aliphatic heterocycles. The maximum absolute atomic E-state index is 12.7. The molecule has 0 aromatic heterocycles. The van der Waals surface area contributed by atoms with Crippen molar-refractivity contribution in [2.45, 2.75) is 25.3 Å². The topological polar surface area (TPSA) is 151 Å². The first-order chi connectivity index (χ1) is 14.2. The fourth-order valence-corrected chi connectivity index (χ4v) is 2.92. The smallest absolute Gasteiger partial charge is 0.328 e. The molecule has 168 valence electrons. The van der Waals surface area contributed by atoms with Crippen molar-refractivity contribution in [1.29, 1.82) is 0 Å². The molecule has 31 heavy (non-hydrogen) atoms. The standard InChI is InChI=1S/C19H20Cl2N4O5.ClH/c20-12-5-1-2-7-15(12)24-18(26)11-9-13(21)16(25(28)29)10-17(11)30-19(27)14(23)6-3-4-8-22;/h1-2,5,7,9-10,14H,3-4,6,8,22-23H2,(H,24,26);1H. The summed E-state index contributed by atoms with van der Waals surface area (Å²) in [5.74, 6) is -1.90. The molecule has 0 bridgehead atoms. The Balaban J connectivity index is 0.00000480. The molecule has 0 saturated carbocycles. The highest BCUT2D eigenvalue weighted by Crippen LogP contribution is 2.34. The minimum Gasteiger partial charge on any atom is -0.424 e. The number of carbonyl (C=O) groups is 2. The zero-order chi connectivity index (χ0) is 22.3. The first kappa shape index (κ1) is 26.6. The Labute approximate surface area is 194 Å². The average Bonchev–Trinajstić information content (AvgIpc) is 2.70. The molecule has 1 amide bonds. The lowest BCUT2D eigenvalue weighted by Gasteiger charge is -2.14. The zero-order valence-corrected chi connectivity index (χ0v) is 18.5. The Kier molecular flexibility index (Phi) is 10.7. The molecule has 5 N–H and O–H groups in total. The second kappa shape index (κ2) is 12.4. The number of nitrogens with zero attached hydrogens (tertiary/aromatic N) is 1. The van der Waals surface area contributed by atoms with Crippen molar-refractivity contribution in [2.24, 2.45) is 11.5 Å². The molecule has 1 unspecified atom stereocenters. The van der Waals surface area contributed by atoms with E-state index in [0.717, 1.165) is 12.1 Å². The number of nitrogens with two attached hydrogens (primary N) is 2. The summed E-state index contributed by atoms with van der Waals surface area (Å²) in [6.45, 7) is 0.456. The van der Waals surface area contributed by atoms with Gasteiger partial charge in [-0.3, -0.25) is 14.9 Å². The maximum atomic E-state index is 12.7. The van der Waals surface area contributed by atoms with Crippen LogP contribution in [-0.2, 0) is 4.79 Å². The minimum atomic E-state index is -0.981. The number of hydrogen-bond donors (Lipinski definition) is 3. The SMILES string of the molecule is Cl.NCCCCC(N)C(=O)Oc1cc([N+](=O)[O-])c(Cl)cc1C(=O)Nc1ccccc1Cl. The number of benzene rings is 2. The third-order valence-electron chi connectivity index (χ3n) is 4.09. The number of anilines is 1. The Morgan fingerprint density at radius 3 is 2.45 bits per heavy atom. The van der Waals surface area contributed by atoms with Crippen LogP contribution in [0.25, 0.3) is 0 Å². The average molecular weight is 492 g/mol. The molecular formula is C19H21Cl3N4O5. The van der Waals surface area contributed by atoms with Gasteiger partial charge in [0, 0.05) is 0 Å². The van der Waals surface area contributed by atoms with E-state index in [-0.39, 0.29) is 33.8 Å². The highest BCUT2D eigenvalue weighted by Gasteiger charge is 2.25. The number of halogens is 3. The minimum absolute atomic E-state index is 0. The third-order valence-corrected chi connectivity index (χ3v) is 4.73. The van der Waals surface area contributed by atoms with Gasteiger partial charge in [0.15, 0.2) is 5.75 Å². The van der Waals surface area contributed by atoms with Gasteiger partial charge < -0.3 is 21.5 Å². The predicted molar refractivity (Wildman–Crippen MR) is 121 cm³/mol. The summed E-state index contributed by atoms with van der Waals surface area (Å²) < 4.78 is 5.22. The molecule has 0 heterocycles. The molecule has 12 heteroatoms. The molecule has 0 saturated heterocycles. The summed E-state index contributed by atoms with van der Waals surface area (Å²) in [4.78, 5) is 35.5. The van der Waals surface area contributed by atoms with E-state index in [1.165, 1.54) is 0 Å². The fraction of sp³-hybridized carbons (Fsp3) is 0.263. The lowest BCUT2D eigenvalue weighted by molar-refractivity contribution is -0.384. The van der Waals surface area contributed by atoms with E-state index in [2.05, 4.69) is 5.32 Å².